The molecule has 2 aromatic carbocycles. The van der Waals surface area contributed by atoms with Gasteiger partial charge in [-0.3, -0.25) is 0 Å². The quantitative estimate of drug-likeness (QED) is 0.660. The summed E-state index contributed by atoms with van der Waals surface area (Å²) in [5.74, 6) is -3.19. The molecule has 1 saturated carbocycles. The van der Waals surface area contributed by atoms with Gasteiger partial charge >= 0.3 is 0 Å². The van der Waals surface area contributed by atoms with Crippen molar-refractivity contribution in [2.45, 2.75) is 31.6 Å². The zero-order chi connectivity index (χ0) is 17.1. The van der Waals surface area contributed by atoms with Crippen molar-refractivity contribution in [3.63, 3.8) is 0 Å². The van der Waals surface area contributed by atoms with Crippen molar-refractivity contribution in [2.75, 3.05) is 6.61 Å². The van der Waals surface area contributed by atoms with E-state index < -0.39 is 23.2 Å². The molecule has 0 unspecified atom stereocenters. The van der Waals surface area contributed by atoms with Gasteiger partial charge in [-0.1, -0.05) is 12.1 Å². The van der Waals surface area contributed by atoms with Gasteiger partial charge < -0.3 is 4.74 Å². The van der Waals surface area contributed by atoms with Gasteiger partial charge in [0.15, 0.2) is 17.4 Å². The third kappa shape index (κ3) is 3.89. The van der Waals surface area contributed by atoms with E-state index in [1.165, 1.54) is 12.1 Å². The number of benzene rings is 2. The highest BCUT2D eigenvalue weighted by atomic mass is 19.1. The fourth-order valence-corrected chi connectivity index (χ4v) is 3.27. The molecule has 24 heavy (non-hydrogen) atoms. The van der Waals surface area contributed by atoms with Gasteiger partial charge in [0, 0.05) is 12.1 Å². The smallest absolute Gasteiger partial charge is 0.190 e. The highest BCUT2D eigenvalue weighted by Gasteiger charge is 2.24. The molecule has 0 atom stereocenters. The highest BCUT2D eigenvalue weighted by molar-refractivity contribution is 5.27. The van der Waals surface area contributed by atoms with E-state index in [-0.39, 0.29) is 18.3 Å². The Morgan fingerprint density at radius 1 is 0.792 bits per heavy atom. The van der Waals surface area contributed by atoms with Gasteiger partial charge in [-0.05, 0) is 55.2 Å². The molecule has 128 valence electrons. The van der Waals surface area contributed by atoms with Crippen LogP contribution in [0.3, 0.4) is 0 Å². The third-order valence-electron chi connectivity index (χ3n) is 4.61. The molecule has 0 N–H and O–H groups in total. The fourth-order valence-electron chi connectivity index (χ4n) is 3.27. The molecule has 5 heteroatoms. The minimum absolute atomic E-state index is 0.200. The van der Waals surface area contributed by atoms with Crippen molar-refractivity contribution in [3.8, 4) is 5.75 Å². The van der Waals surface area contributed by atoms with Gasteiger partial charge in [0.25, 0.3) is 0 Å². The monoisotopic (exact) mass is 338 g/mol. The Morgan fingerprint density at radius 3 is 1.96 bits per heavy atom. The van der Waals surface area contributed by atoms with Gasteiger partial charge in [0.2, 0.25) is 0 Å². The summed E-state index contributed by atoms with van der Waals surface area (Å²) in [6.07, 6.45) is 3.58. The lowest BCUT2D eigenvalue weighted by Gasteiger charge is -2.28. The number of rotatable bonds is 4. The van der Waals surface area contributed by atoms with Crippen LogP contribution in [0.1, 0.15) is 37.2 Å². The van der Waals surface area contributed by atoms with Crippen LogP contribution in [-0.2, 0) is 0 Å². The molecular formula is C19H18F4O. The highest BCUT2D eigenvalue weighted by Crippen LogP contribution is 2.36. The molecule has 0 radical (unpaired) electrons. The maximum absolute atomic E-state index is 13.5. The van der Waals surface area contributed by atoms with Crippen LogP contribution in [0.15, 0.2) is 36.4 Å². The minimum atomic E-state index is -1.02. The van der Waals surface area contributed by atoms with Crippen molar-refractivity contribution >= 4 is 0 Å². The predicted molar refractivity (Wildman–Crippen MR) is 82.9 cm³/mol. The first-order chi connectivity index (χ1) is 11.5. The first kappa shape index (κ1) is 16.8. The van der Waals surface area contributed by atoms with E-state index in [0.29, 0.717) is 18.1 Å². The fraction of sp³-hybridized carbons (Fsp3) is 0.368. The van der Waals surface area contributed by atoms with Crippen LogP contribution < -0.4 is 4.74 Å². The van der Waals surface area contributed by atoms with E-state index in [1.54, 1.807) is 12.1 Å². The summed E-state index contributed by atoms with van der Waals surface area (Å²) in [7, 11) is 0. The van der Waals surface area contributed by atoms with Crippen molar-refractivity contribution in [1.29, 1.82) is 0 Å². The van der Waals surface area contributed by atoms with Crippen LogP contribution >= 0.6 is 0 Å². The zero-order valence-electron chi connectivity index (χ0n) is 13.1. The molecule has 0 bridgehead atoms. The van der Waals surface area contributed by atoms with E-state index >= 15 is 0 Å². The Morgan fingerprint density at radius 2 is 1.38 bits per heavy atom. The summed E-state index contributed by atoms with van der Waals surface area (Å²) in [6.45, 7) is 0.204. The Labute approximate surface area is 138 Å². The first-order valence-electron chi connectivity index (χ1n) is 8.05. The molecule has 0 saturated heterocycles. The Hall–Kier alpha value is -2.04. The second kappa shape index (κ2) is 7.24. The van der Waals surface area contributed by atoms with Crippen LogP contribution in [0, 0.1) is 29.2 Å². The van der Waals surface area contributed by atoms with Gasteiger partial charge in [-0.25, -0.2) is 17.6 Å². The summed E-state index contributed by atoms with van der Waals surface area (Å²) in [6, 6.07) is 7.77. The van der Waals surface area contributed by atoms with Gasteiger partial charge in [0.05, 0.1) is 6.61 Å². The Kier molecular flexibility index (Phi) is 5.07. The lowest BCUT2D eigenvalue weighted by Crippen LogP contribution is -2.20. The van der Waals surface area contributed by atoms with Gasteiger partial charge in [-0.2, -0.15) is 0 Å². The summed E-state index contributed by atoms with van der Waals surface area (Å²) in [5, 5.41) is 0. The maximum Gasteiger partial charge on any atom is 0.190 e. The Balaban J connectivity index is 1.53. The number of hydrogen-bond donors (Lipinski definition) is 0. The summed E-state index contributed by atoms with van der Waals surface area (Å²) in [5.41, 5.74) is 1.12. The van der Waals surface area contributed by atoms with Crippen LogP contribution in [0.25, 0.3) is 0 Å². The average Bonchev–Trinajstić information content (AvgIpc) is 2.55. The number of hydrogen-bond acceptors (Lipinski definition) is 1. The van der Waals surface area contributed by atoms with Crippen LogP contribution in [0.5, 0.6) is 5.75 Å². The molecule has 0 aromatic heterocycles. The molecule has 0 amide bonds. The van der Waals surface area contributed by atoms with Crippen molar-refractivity contribution in [3.05, 3.63) is 65.2 Å². The molecule has 3 rings (SSSR count). The van der Waals surface area contributed by atoms with Crippen molar-refractivity contribution < 1.29 is 22.3 Å². The Bertz CT molecular complexity index is 668. The third-order valence-corrected chi connectivity index (χ3v) is 4.61. The second-order valence-corrected chi connectivity index (χ2v) is 6.28. The summed E-state index contributed by atoms with van der Waals surface area (Å²) < 4.78 is 58.2. The predicted octanol–water partition coefficient (Wildman–Crippen LogP) is 5.60. The molecule has 1 fully saturated rings. The lowest BCUT2D eigenvalue weighted by atomic mass is 9.79. The molecule has 0 aliphatic heterocycles. The topological polar surface area (TPSA) is 9.23 Å². The standard InChI is InChI=1S/C19H18F4O/c20-15-7-5-14(6-8-15)13-3-1-12(2-4-13)11-24-19-17(22)9-16(21)10-18(19)23/h5-10,12-13H,1-4,11H2. The van der Waals surface area contributed by atoms with E-state index in [4.69, 9.17) is 4.74 Å². The van der Waals surface area contributed by atoms with Gasteiger partial charge in [0.1, 0.15) is 11.6 Å². The summed E-state index contributed by atoms with van der Waals surface area (Å²) >= 11 is 0. The van der Waals surface area contributed by atoms with E-state index in [2.05, 4.69) is 0 Å². The maximum atomic E-state index is 13.5. The van der Waals surface area contributed by atoms with Crippen LogP contribution in [0.2, 0.25) is 0 Å². The number of ether oxygens (including phenoxy) is 1. The second-order valence-electron chi connectivity index (χ2n) is 6.28. The largest absolute Gasteiger partial charge is 0.487 e. The van der Waals surface area contributed by atoms with Gasteiger partial charge in [-0.15, -0.1) is 0 Å². The van der Waals surface area contributed by atoms with Crippen LogP contribution in [0.4, 0.5) is 17.6 Å². The molecule has 0 heterocycles. The first-order valence-corrected chi connectivity index (χ1v) is 8.05. The minimum Gasteiger partial charge on any atom is -0.487 e. The number of halogens is 4. The normalized spacial score (nSPS) is 20.8. The van der Waals surface area contributed by atoms with Crippen molar-refractivity contribution in [1.82, 2.24) is 0 Å². The molecule has 1 aliphatic carbocycles. The average molecular weight is 338 g/mol. The lowest BCUT2D eigenvalue weighted by molar-refractivity contribution is 0.187. The van der Waals surface area contributed by atoms with Crippen molar-refractivity contribution in [2.24, 2.45) is 5.92 Å². The molecule has 0 spiro atoms. The van der Waals surface area contributed by atoms with E-state index in [0.717, 1.165) is 31.2 Å². The van der Waals surface area contributed by atoms with Crippen LogP contribution in [-0.4, -0.2) is 6.61 Å². The molecule has 1 aliphatic rings. The summed E-state index contributed by atoms with van der Waals surface area (Å²) in [4.78, 5) is 0. The SMILES string of the molecule is Fc1ccc(C2CCC(COc3c(F)cc(F)cc3F)CC2)cc1. The molecule has 2 aromatic rings. The molecule has 1 nitrogen and oxygen atoms in total. The van der Waals surface area contributed by atoms with E-state index in [1.807, 2.05) is 0 Å². The van der Waals surface area contributed by atoms with E-state index in [9.17, 15) is 17.6 Å². The molecular weight excluding hydrogens is 320 g/mol. The zero-order valence-corrected chi connectivity index (χ0v) is 13.1.